The molecule has 0 aliphatic heterocycles. The third kappa shape index (κ3) is 7.85. The van der Waals surface area contributed by atoms with E-state index in [1.807, 2.05) is 24.3 Å². The Kier molecular flexibility index (Phi) is 8.25. The minimum Gasteiger partial charge on any atom is -0.484 e. The summed E-state index contributed by atoms with van der Waals surface area (Å²) < 4.78 is 6.33. The summed E-state index contributed by atoms with van der Waals surface area (Å²) in [6.45, 7) is 0.944. The van der Waals surface area contributed by atoms with Gasteiger partial charge >= 0.3 is 0 Å². The van der Waals surface area contributed by atoms with Gasteiger partial charge in [-0.25, -0.2) is 0 Å². The monoisotopic (exact) mass is 329 g/mol. The van der Waals surface area contributed by atoms with Crippen molar-refractivity contribution in [2.75, 3.05) is 19.8 Å². The fourth-order valence-electron chi connectivity index (χ4n) is 1.55. The molecule has 0 aliphatic carbocycles. The van der Waals surface area contributed by atoms with Gasteiger partial charge in [0.2, 0.25) is 0 Å². The minimum absolute atomic E-state index is 0.0400. The molecule has 0 radical (unpaired) electrons. The number of hydrogen-bond acceptors (Lipinski definition) is 3. The van der Waals surface area contributed by atoms with Gasteiger partial charge in [-0.1, -0.05) is 28.8 Å². The molecule has 1 aromatic carbocycles. The average molecular weight is 330 g/mol. The number of nitrogens with one attached hydrogen (secondary N) is 1. The number of aliphatic hydroxyl groups excluding tert-OH is 1. The summed E-state index contributed by atoms with van der Waals surface area (Å²) in [5.74, 6) is 0.575. The van der Waals surface area contributed by atoms with E-state index in [0.717, 1.165) is 30.2 Å². The molecule has 5 heteroatoms. The fraction of sp³-hybridized carbons (Fsp3) is 0.500. The van der Waals surface area contributed by atoms with E-state index in [2.05, 4.69) is 21.2 Å². The molecule has 106 valence electrons. The number of halogens is 1. The SMILES string of the molecule is O=C(COc1ccc(Br)cc1)NCCCCCCO. The van der Waals surface area contributed by atoms with Crippen LogP contribution >= 0.6 is 15.9 Å². The standard InChI is InChI=1S/C14H20BrNO3/c15-12-5-7-13(8-6-12)19-11-14(18)16-9-3-1-2-4-10-17/h5-8,17H,1-4,9-11H2,(H,16,18). The number of carbonyl (C=O) groups is 1. The van der Waals surface area contributed by atoms with Crippen molar-refractivity contribution in [3.8, 4) is 5.75 Å². The quantitative estimate of drug-likeness (QED) is 0.684. The number of benzene rings is 1. The highest BCUT2D eigenvalue weighted by molar-refractivity contribution is 9.10. The van der Waals surface area contributed by atoms with Crippen molar-refractivity contribution >= 4 is 21.8 Å². The lowest BCUT2D eigenvalue weighted by Gasteiger charge is -2.07. The summed E-state index contributed by atoms with van der Waals surface area (Å²) in [4.78, 5) is 11.5. The molecule has 19 heavy (non-hydrogen) atoms. The molecule has 1 amide bonds. The molecule has 0 saturated heterocycles. The number of rotatable bonds is 9. The molecule has 0 unspecified atom stereocenters. The van der Waals surface area contributed by atoms with Gasteiger partial charge in [0.05, 0.1) is 0 Å². The molecule has 0 heterocycles. The molecule has 0 saturated carbocycles. The lowest BCUT2D eigenvalue weighted by Crippen LogP contribution is -2.29. The van der Waals surface area contributed by atoms with Crippen LogP contribution in [-0.4, -0.2) is 30.8 Å². The van der Waals surface area contributed by atoms with Gasteiger partial charge in [-0.15, -0.1) is 0 Å². The lowest BCUT2D eigenvalue weighted by molar-refractivity contribution is -0.123. The Morgan fingerprint density at radius 1 is 1.16 bits per heavy atom. The molecule has 0 atom stereocenters. The number of hydrogen-bond donors (Lipinski definition) is 2. The Balaban J connectivity index is 2.06. The molecule has 2 N–H and O–H groups in total. The van der Waals surface area contributed by atoms with Crippen LogP contribution in [-0.2, 0) is 4.79 Å². The Morgan fingerprint density at radius 3 is 2.53 bits per heavy atom. The van der Waals surface area contributed by atoms with Crippen LogP contribution in [0.4, 0.5) is 0 Å². The van der Waals surface area contributed by atoms with Crippen molar-refractivity contribution in [1.29, 1.82) is 0 Å². The molecule has 1 rings (SSSR count). The maximum Gasteiger partial charge on any atom is 0.257 e. The zero-order valence-corrected chi connectivity index (χ0v) is 12.5. The first-order valence-electron chi connectivity index (χ1n) is 6.48. The van der Waals surface area contributed by atoms with Crippen LogP contribution in [0, 0.1) is 0 Å². The molecule has 1 aromatic rings. The van der Waals surface area contributed by atoms with Gasteiger partial charge in [-0.2, -0.15) is 0 Å². The third-order valence-corrected chi connectivity index (χ3v) is 3.12. The van der Waals surface area contributed by atoms with Crippen LogP contribution in [0.2, 0.25) is 0 Å². The van der Waals surface area contributed by atoms with Gasteiger partial charge in [-0.05, 0) is 37.1 Å². The Hall–Kier alpha value is -1.07. The molecule has 4 nitrogen and oxygen atoms in total. The van der Waals surface area contributed by atoms with Gasteiger partial charge in [0, 0.05) is 17.6 Å². The first-order chi connectivity index (χ1) is 9.22. The van der Waals surface area contributed by atoms with Crippen LogP contribution in [0.1, 0.15) is 25.7 Å². The lowest BCUT2D eigenvalue weighted by atomic mass is 10.2. The van der Waals surface area contributed by atoms with Crippen molar-refractivity contribution < 1.29 is 14.6 Å². The van der Waals surface area contributed by atoms with E-state index in [1.54, 1.807) is 0 Å². The average Bonchev–Trinajstić information content (AvgIpc) is 2.42. The number of amides is 1. The van der Waals surface area contributed by atoms with Gasteiger partial charge in [-0.3, -0.25) is 4.79 Å². The van der Waals surface area contributed by atoms with Crippen LogP contribution in [0.3, 0.4) is 0 Å². The number of aliphatic hydroxyl groups is 1. The predicted molar refractivity (Wildman–Crippen MR) is 78.2 cm³/mol. The topological polar surface area (TPSA) is 58.6 Å². The van der Waals surface area contributed by atoms with Crippen molar-refractivity contribution in [1.82, 2.24) is 5.32 Å². The second-order valence-electron chi connectivity index (χ2n) is 4.23. The molecular formula is C14H20BrNO3. The molecule has 0 aliphatic rings. The maximum atomic E-state index is 11.5. The summed E-state index contributed by atoms with van der Waals surface area (Å²) in [5, 5.41) is 11.4. The van der Waals surface area contributed by atoms with E-state index in [4.69, 9.17) is 9.84 Å². The van der Waals surface area contributed by atoms with Crippen LogP contribution in [0.5, 0.6) is 5.75 Å². The third-order valence-electron chi connectivity index (χ3n) is 2.59. The molecule has 0 fully saturated rings. The summed E-state index contributed by atoms with van der Waals surface area (Å²) >= 11 is 3.33. The molecular weight excluding hydrogens is 310 g/mol. The second-order valence-corrected chi connectivity index (χ2v) is 5.15. The summed E-state index contributed by atoms with van der Waals surface area (Å²) in [6, 6.07) is 7.36. The summed E-state index contributed by atoms with van der Waals surface area (Å²) in [5.41, 5.74) is 0. The summed E-state index contributed by atoms with van der Waals surface area (Å²) in [7, 11) is 0. The van der Waals surface area contributed by atoms with E-state index in [1.165, 1.54) is 0 Å². The number of carbonyl (C=O) groups excluding carboxylic acids is 1. The van der Waals surface area contributed by atoms with Crippen molar-refractivity contribution in [2.24, 2.45) is 0 Å². The highest BCUT2D eigenvalue weighted by atomic mass is 79.9. The molecule has 0 bridgehead atoms. The van der Waals surface area contributed by atoms with E-state index in [0.29, 0.717) is 12.3 Å². The Labute approximate surface area is 122 Å². The van der Waals surface area contributed by atoms with Gasteiger partial charge in [0.25, 0.3) is 5.91 Å². The van der Waals surface area contributed by atoms with E-state index in [-0.39, 0.29) is 19.1 Å². The largest absolute Gasteiger partial charge is 0.484 e. The van der Waals surface area contributed by atoms with E-state index >= 15 is 0 Å². The van der Waals surface area contributed by atoms with Gasteiger partial charge in [0.15, 0.2) is 6.61 Å². The highest BCUT2D eigenvalue weighted by Gasteiger charge is 2.01. The van der Waals surface area contributed by atoms with Crippen LogP contribution in [0.15, 0.2) is 28.7 Å². The zero-order valence-electron chi connectivity index (χ0n) is 10.9. The zero-order chi connectivity index (χ0) is 13.9. The van der Waals surface area contributed by atoms with Crippen LogP contribution < -0.4 is 10.1 Å². The van der Waals surface area contributed by atoms with Crippen molar-refractivity contribution in [3.05, 3.63) is 28.7 Å². The highest BCUT2D eigenvalue weighted by Crippen LogP contribution is 2.15. The molecule has 0 spiro atoms. The van der Waals surface area contributed by atoms with Crippen molar-refractivity contribution in [3.63, 3.8) is 0 Å². The minimum atomic E-state index is -0.106. The predicted octanol–water partition coefficient (Wildman–Crippen LogP) is 2.50. The maximum absolute atomic E-state index is 11.5. The van der Waals surface area contributed by atoms with E-state index in [9.17, 15) is 4.79 Å². The van der Waals surface area contributed by atoms with Gasteiger partial charge < -0.3 is 15.2 Å². The first-order valence-corrected chi connectivity index (χ1v) is 7.27. The number of unbranched alkanes of at least 4 members (excludes halogenated alkanes) is 3. The van der Waals surface area contributed by atoms with Crippen molar-refractivity contribution in [2.45, 2.75) is 25.7 Å². The normalized spacial score (nSPS) is 10.2. The smallest absolute Gasteiger partial charge is 0.257 e. The first kappa shape index (κ1) is 16.0. The number of ether oxygens (including phenoxy) is 1. The second kappa shape index (κ2) is 9.81. The van der Waals surface area contributed by atoms with E-state index < -0.39 is 0 Å². The fourth-order valence-corrected chi connectivity index (χ4v) is 1.81. The Bertz CT molecular complexity index is 367. The summed E-state index contributed by atoms with van der Waals surface area (Å²) in [6.07, 6.45) is 3.79. The molecule has 0 aromatic heterocycles. The van der Waals surface area contributed by atoms with Crippen LogP contribution in [0.25, 0.3) is 0 Å². The van der Waals surface area contributed by atoms with Gasteiger partial charge in [0.1, 0.15) is 5.75 Å². The Morgan fingerprint density at radius 2 is 1.84 bits per heavy atom.